The average molecular weight is 570 g/mol. The highest BCUT2D eigenvalue weighted by atomic mass is 19.4. The van der Waals surface area contributed by atoms with E-state index < -0.39 is 52.2 Å². The number of nitrogens with zero attached hydrogens (tertiary/aromatic N) is 1. The minimum absolute atomic E-state index is 0.0622. The molecule has 3 atom stereocenters. The number of carbonyl (C=O) groups is 2. The average Bonchev–Trinajstić information content (AvgIpc) is 3.28. The number of likely N-dealkylation sites (tertiary alicyclic amines) is 1. The van der Waals surface area contributed by atoms with E-state index in [0.717, 1.165) is 17.7 Å². The van der Waals surface area contributed by atoms with Crippen LogP contribution < -0.4 is 4.74 Å². The SMILES string of the molecule is CC(F)(c1ccc2c(c1)OCC1N(C(=O)[C@H]3CC[C@](F)(C(=O)O)CC3)CCC21Cc1ccc(F)cc1)C(F)(F)F. The van der Waals surface area contributed by atoms with E-state index in [4.69, 9.17) is 4.74 Å². The van der Waals surface area contributed by atoms with Crippen molar-refractivity contribution in [2.75, 3.05) is 13.2 Å². The van der Waals surface area contributed by atoms with Crippen LogP contribution in [0.4, 0.5) is 26.3 Å². The Morgan fingerprint density at radius 1 is 1.05 bits per heavy atom. The van der Waals surface area contributed by atoms with Crippen LogP contribution in [0.25, 0.3) is 0 Å². The number of hydrogen-bond donors (Lipinski definition) is 1. The van der Waals surface area contributed by atoms with Crippen LogP contribution in [0.15, 0.2) is 42.5 Å². The molecule has 2 aromatic carbocycles. The number of fused-ring (bicyclic) bond motifs is 3. The maximum Gasteiger partial charge on any atom is 0.426 e. The molecule has 5 nitrogen and oxygen atoms in total. The number of carboxylic acids is 1. The fourth-order valence-electron chi connectivity index (χ4n) is 6.48. The van der Waals surface area contributed by atoms with E-state index >= 15 is 0 Å². The smallest absolute Gasteiger partial charge is 0.426 e. The zero-order valence-corrected chi connectivity index (χ0v) is 21.7. The van der Waals surface area contributed by atoms with Crippen LogP contribution in [0.1, 0.15) is 55.7 Å². The Kier molecular flexibility index (Phi) is 6.86. The van der Waals surface area contributed by atoms with E-state index in [2.05, 4.69) is 0 Å². The topological polar surface area (TPSA) is 66.8 Å². The van der Waals surface area contributed by atoms with Crippen molar-refractivity contribution in [2.24, 2.45) is 5.92 Å². The lowest BCUT2D eigenvalue weighted by atomic mass is 9.68. The molecular weight excluding hydrogens is 540 g/mol. The van der Waals surface area contributed by atoms with Gasteiger partial charge in [-0.25, -0.2) is 18.0 Å². The van der Waals surface area contributed by atoms with Crippen molar-refractivity contribution in [3.05, 3.63) is 65.0 Å². The number of halogens is 6. The van der Waals surface area contributed by atoms with Crippen LogP contribution in [-0.4, -0.2) is 52.9 Å². The molecule has 11 heteroatoms. The van der Waals surface area contributed by atoms with Crippen molar-refractivity contribution in [3.63, 3.8) is 0 Å². The number of benzene rings is 2. The Balaban J connectivity index is 1.49. The third-order valence-corrected chi connectivity index (χ3v) is 9.03. The number of aliphatic carboxylic acids is 1. The number of carboxylic acid groups (broad SMARTS) is 1. The van der Waals surface area contributed by atoms with Gasteiger partial charge in [0.05, 0.1) is 6.04 Å². The lowest BCUT2D eigenvalue weighted by molar-refractivity contribution is -0.228. The molecule has 1 aliphatic carbocycles. The fraction of sp³-hybridized carbons (Fsp3) is 0.517. The zero-order chi connectivity index (χ0) is 29.1. The van der Waals surface area contributed by atoms with Gasteiger partial charge in [0.25, 0.3) is 0 Å². The molecule has 1 saturated carbocycles. The van der Waals surface area contributed by atoms with Crippen LogP contribution in [0.2, 0.25) is 0 Å². The van der Waals surface area contributed by atoms with E-state index in [1.54, 1.807) is 17.0 Å². The molecule has 2 aliphatic heterocycles. The molecule has 3 aliphatic rings. The Morgan fingerprint density at radius 2 is 1.70 bits per heavy atom. The maximum atomic E-state index is 14.8. The molecular formula is C29H29F6NO4. The molecule has 40 heavy (non-hydrogen) atoms. The summed E-state index contributed by atoms with van der Waals surface area (Å²) in [7, 11) is 0. The predicted octanol–water partition coefficient (Wildman–Crippen LogP) is 6.03. The first kappa shape index (κ1) is 28.3. The first-order valence-corrected chi connectivity index (χ1v) is 13.2. The molecule has 0 radical (unpaired) electrons. The predicted molar refractivity (Wildman–Crippen MR) is 132 cm³/mol. The normalized spacial score (nSPS) is 29.6. The first-order chi connectivity index (χ1) is 18.7. The van der Waals surface area contributed by atoms with Gasteiger partial charge in [0.2, 0.25) is 17.2 Å². The Bertz CT molecular complexity index is 1300. The Hall–Kier alpha value is -3.24. The van der Waals surface area contributed by atoms with Crippen molar-refractivity contribution in [1.82, 2.24) is 4.90 Å². The van der Waals surface area contributed by atoms with Crippen molar-refractivity contribution < 1.29 is 45.8 Å². The van der Waals surface area contributed by atoms with Crippen molar-refractivity contribution in [3.8, 4) is 5.75 Å². The molecule has 216 valence electrons. The number of alkyl halides is 5. The number of hydrogen-bond acceptors (Lipinski definition) is 3. The van der Waals surface area contributed by atoms with Crippen molar-refractivity contribution >= 4 is 11.9 Å². The number of ether oxygens (including phenoxy) is 1. The summed E-state index contributed by atoms with van der Waals surface area (Å²) in [6, 6.07) is 8.83. The Morgan fingerprint density at radius 3 is 2.30 bits per heavy atom. The molecule has 2 heterocycles. The minimum atomic E-state index is -5.14. The number of amides is 1. The fourth-order valence-corrected chi connectivity index (χ4v) is 6.48. The van der Waals surface area contributed by atoms with Gasteiger partial charge < -0.3 is 14.7 Å². The van der Waals surface area contributed by atoms with Gasteiger partial charge in [-0.3, -0.25) is 4.79 Å². The van der Waals surface area contributed by atoms with Crippen LogP contribution >= 0.6 is 0 Å². The lowest BCUT2D eigenvalue weighted by Crippen LogP contribution is -2.54. The van der Waals surface area contributed by atoms with E-state index in [0.29, 0.717) is 25.3 Å². The van der Waals surface area contributed by atoms with Gasteiger partial charge in [-0.1, -0.05) is 24.3 Å². The van der Waals surface area contributed by atoms with E-state index in [9.17, 15) is 41.0 Å². The molecule has 5 rings (SSSR count). The van der Waals surface area contributed by atoms with E-state index in [-0.39, 0.29) is 50.5 Å². The quantitative estimate of drug-likeness (QED) is 0.447. The molecule has 1 amide bonds. The summed E-state index contributed by atoms with van der Waals surface area (Å²) in [5.41, 5.74) is -6.11. The van der Waals surface area contributed by atoms with Gasteiger partial charge >= 0.3 is 12.1 Å². The highest BCUT2D eigenvalue weighted by molar-refractivity contribution is 5.82. The monoisotopic (exact) mass is 569 g/mol. The van der Waals surface area contributed by atoms with Gasteiger partial charge in [0.15, 0.2) is 0 Å². The van der Waals surface area contributed by atoms with Crippen molar-refractivity contribution in [1.29, 1.82) is 0 Å². The van der Waals surface area contributed by atoms with Crippen LogP contribution in [0.3, 0.4) is 0 Å². The zero-order valence-electron chi connectivity index (χ0n) is 21.7. The lowest BCUT2D eigenvalue weighted by Gasteiger charge is -2.44. The molecule has 1 saturated heterocycles. The number of carbonyl (C=O) groups excluding carboxylic acids is 1. The minimum Gasteiger partial charge on any atom is -0.491 e. The maximum absolute atomic E-state index is 14.8. The molecule has 2 aromatic rings. The molecule has 0 bridgehead atoms. The van der Waals surface area contributed by atoms with E-state index in [1.165, 1.54) is 18.2 Å². The number of rotatable bonds is 5. The third kappa shape index (κ3) is 4.60. The van der Waals surface area contributed by atoms with Crippen molar-refractivity contribution in [2.45, 2.75) is 74.4 Å². The highest BCUT2D eigenvalue weighted by Crippen LogP contribution is 2.52. The standard InChI is InChI=1S/C29H29F6NO4/c1-26(31,29(33,34)35)19-4-7-21-22(14-19)40-16-23-27(21,15-17-2-5-20(30)6-3-17)12-13-36(23)24(37)18-8-10-28(32,11-9-18)25(38)39/h2-7,14,18,23H,8-13,15-16H2,1H3,(H,38,39)/t18-,23?,26?,27?,28+. The molecule has 3 unspecified atom stereocenters. The van der Waals surface area contributed by atoms with Gasteiger partial charge in [-0.15, -0.1) is 0 Å². The summed E-state index contributed by atoms with van der Waals surface area (Å²) in [5, 5.41) is 9.19. The molecule has 0 aromatic heterocycles. The third-order valence-electron chi connectivity index (χ3n) is 9.03. The molecule has 1 N–H and O–H groups in total. The first-order valence-electron chi connectivity index (χ1n) is 13.2. The highest BCUT2D eigenvalue weighted by Gasteiger charge is 2.57. The molecule has 0 spiro atoms. The summed E-state index contributed by atoms with van der Waals surface area (Å²) in [6.07, 6.45) is -4.81. The summed E-state index contributed by atoms with van der Waals surface area (Å²) in [6.45, 7) is 0.674. The second-order valence-corrected chi connectivity index (χ2v) is 11.3. The van der Waals surface area contributed by atoms with Crippen LogP contribution in [0, 0.1) is 11.7 Å². The van der Waals surface area contributed by atoms with Gasteiger partial charge in [-0.05, 0) is 69.2 Å². The van der Waals surface area contributed by atoms with Crippen LogP contribution in [-0.2, 0) is 27.1 Å². The largest absolute Gasteiger partial charge is 0.491 e. The summed E-state index contributed by atoms with van der Waals surface area (Å²) >= 11 is 0. The van der Waals surface area contributed by atoms with Crippen LogP contribution in [0.5, 0.6) is 5.75 Å². The Labute approximate surface area is 227 Å². The molecule has 2 fully saturated rings. The van der Waals surface area contributed by atoms with E-state index in [1.807, 2.05) is 0 Å². The second-order valence-electron chi connectivity index (χ2n) is 11.3. The van der Waals surface area contributed by atoms with Gasteiger partial charge in [0, 0.05) is 29.0 Å². The van der Waals surface area contributed by atoms with Gasteiger partial charge in [0.1, 0.15) is 18.2 Å². The summed E-state index contributed by atoms with van der Waals surface area (Å²) in [5.74, 6) is -2.71. The summed E-state index contributed by atoms with van der Waals surface area (Å²) < 4.78 is 89.2. The van der Waals surface area contributed by atoms with Gasteiger partial charge in [-0.2, -0.15) is 13.2 Å². The summed E-state index contributed by atoms with van der Waals surface area (Å²) in [4.78, 5) is 26.6. The second kappa shape index (κ2) is 9.69.